The average molecular weight is 402 g/mol. The van der Waals surface area contributed by atoms with Crippen LogP contribution < -0.4 is 10.1 Å². The first kappa shape index (κ1) is 21.4. The first-order valence-electron chi connectivity index (χ1n) is 8.29. The minimum absolute atomic E-state index is 0.192. The van der Waals surface area contributed by atoms with Gasteiger partial charge in [0, 0.05) is 23.9 Å². The van der Waals surface area contributed by atoms with E-state index < -0.39 is 34.6 Å². The normalized spacial score (nSPS) is 11.1. The molecule has 0 saturated heterocycles. The second-order valence-corrected chi connectivity index (χ2v) is 5.79. The molecular weight excluding hydrogens is 384 g/mol. The molecule has 0 fully saturated rings. The third-order valence-electron chi connectivity index (χ3n) is 3.78. The Morgan fingerprint density at radius 3 is 2.28 bits per heavy atom. The van der Waals surface area contributed by atoms with Gasteiger partial charge in [0.05, 0.1) is 30.3 Å². The summed E-state index contributed by atoms with van der Waals surface area (Å²) in [5.74, 6) is -1.96. The number of nitro benzene ring substituents is 1. The predicted octanol–water partition coefficient (Wildman–Crippen LogP) is 2.57. The van der Waals surface area contributed by atoms with Crippen molar-refractivity contribution in [2.75, 3.05) is 19.5 Å². The summed E-state index contributed by atoms with van der Waals surface area (Å²) in [6, 6.07) is 9.58. The van der Waals surface area contributed by atoms with E-state index in [0.29, 0.717) is 11.4 Å². The Kier molecular flexibility index (Phi) is 6.85. The van der Waals surface area contributed by atoms with Gasteiger partial charge in [0.2, 0.25) is 0 Å². The molecule has 10 heteroatoms. The summed E-state index contributed by atoms with van der Waals surface area (Å²) in [4.78, 5) is 46.6. The number of esters is 2. The SMILES string of the molecule is COC(=O)c1cc(C(=O)O[C@@H](C)C(=O)Nc2cccc(OC)c2)cc([N+](=O)[O-])c1. The molecule has 0 aliphatic heterocycles. The highest BCUT2D eigenvalue weighted by Gasteiger charge is 2.23. The molecule has 2 aromatic carbocycles. The summed E-state index contributed by atoms with van der Waals surface area (Å²) in [6.07, 6.45) is -1.21. The first-order chi connectivity index (χ1) is 13.7. The van der Waals surface area contributed by atoms with Crippen LogP contribution in [0.2, 0.25) is 0 Å². The number of benzene rings is 2. The van der Waals surface area contributed by atoms with Gasteiger partial charge in [-0.3, -0.25) is 14.9 Å². The van der Waals surface area contributed by atoms with Crippen molar-refractivity contribution in [3.63, 3.8) is 0 Å². The number of nitro groups is 1. The van der Waals surface area contributed by atoms with Gasteiger partial charge in [0.1, 0.15) is 5.75 Å². The number of carbonyl (C=O) groups is 3. The van der Waals surface area contributed by atoms with E-state index in [1.54, 1.807) is 24.3 Å². The van der Waals surface area contributed by atoms with Gasteiger partial charge in [-0.05, 0) is 25.1 Å². The lowest BCUT2D eigenvalue weighted by molar-refractivity contribution is -0.384. The second kappa shape index (κ2) is 9.31. The molecule has 1 atom stereocenters. The molecule has 0 heterocycles. The van der Waals surface area contributed by atoms with Gasteiger partial charge in [-0.1, -0.05) is 6.07 Å². The van der Waals surface area contributed by atoms with Crippen LogP contribution in [0.25, 0.3) is 0 Å². The first-order valence-corrected chi connectivity index (χ1v) is 8.29. The Morgan fingerprint density at radius 2 is 1.69 bits per heavy atom. The third kappa shape index (κ3) is 5.51. The van der Waals surface area contributed by atoms with Crippen molar-refractivity contribution in [3.05, 3.63) is 63.7 Å². The van der Waals surface area contributed by atoms with Crippen molar-refractivity contribution in [1.82, 2.24) is 0 Å². The number of hydrogen-bond acceptors (Lipinski definition) is 8. The van der Waals surface area contributed by atoms with Crippen molar-refractivity contribution >= 4 is 29.2 Å². The highest BCUT2D eigenvalue weighted by molar-refractivity contribution is 5.99. The molecule has 0 unspecified atom stereocenters. The molecule has 152 valence electrons. The minimum Gasteiger partial charge on any atom is -0.497 e. The summed E-state index contributed by atoms with van der Waals surface area (Å²) in [5.41, 5.74) is -0.517. The Bertz CT molecular complexity index is 957. The second-order valence-electron chi connectivity index (χ2n) is 5.79. The van der Waals surface area contributed by atoms with Gasteiger partial charge in [0.15, 0.2) is 6.10 Å². The van der Waals surface area contributed by atoms with E-state index in [1.165, 1.54) is 14.0 Å². The largest absolute Gasteiger partial charge is 0.497 e. The van der Waals surface area contributed by atoms with E-state index in [2.05, 4.69) is 10.1 Å². The number of hydrogen-bond donors (Lipinski definition) is 1. The van der Waals surface area contributed by atoms with Gasteiger partial charge >= 0.3 is 11.9 Å². The number of ether oxygens (including phenoxy) is 3. The third-order valence-corrected chi connectivity index (χ3v) is 3.78. The monoisotopic (exact) mass is 402 g/mol. The fraction of sp³-hybridized carbons (Fsp3) is 0.211. The van der Waals surface area contributed by atoms with Crippen molar-refractivity contribution in [2.45, 2.75) is 13.0 Å². The molecule has 0 saturated carbocycles. The lowest BCUT2D eigenvalue weighted by atomic mass is 10.1. The van der Waals surface area contributed by atoms with Gasteiger partial charge in [0.25, 0.3) is 11.6 Å². The summed E-state index contributed by atoms with van der Waals surface area (Å²) in [6.45, 7) is 1.34. The van der Waals surface area contributed by atoms with Crippen molar-refractivity contribution in [3.8, 4) is 5.75 Å². The van der Waals surface area contributed by atoms with Crippen LogP contribution in [0.1, 0.15) is 27.6 Å². The minimum atomic E-state index is -1.21. The molecule has 10 nitrogen and oxygen atoms in total. The molecule has 29 heavy (non-hydrogen) atoms. The fourth-order valence-electron chi connectivity index (χ4n) is 2.30. The quantitative estimate of drug-likeness (QED) is 0.424. The number of carbonyl (C=O) groups excluding carboxylic acids is 3. The van der Waals surface area contributed by atoms with Gasteiger partial charge in [-0.25, -0.2) is 9.59 Å². The number of nitrogens with zero attached hydrogens (tertiary/aromatic N) is 1. The standard InChI is InChI=1S/C19H18N2O8/c1-11(17(22)20-14-5-4-6-16(10-14)27-2)29-19(24)13-7-12(18(23)28-3)8-15(9-13)21(25)26/h4-11H,1-3H3,(H,20,22)/t11-/m0/s1. The van der Waals surface area contributed by atoms with E-state index in [1.807, 2.05) is 0 Å². The van der Waals surface area contributed by atoms with Crippen LogP contribution in [-0.4, -0.2) is 43.1 Å². The number of amides is 1. The highest BCUT2D eigenvalue weighted by Crippen LogP contribution is 2.20. The van der Waals surface area contributed by atoms with Crippen LogP contribution in [-0.2, 0) is 14.3 Å². The van der Waals surface area contributed by atoms with E-state index >= 15 is 0 Å². The highest BCUT2D eigenvalue weighted by atomic mass is 16.6. The molecule has 2 aromatic rings. The van der Waals surface area contributed by atoms with Crippen LogP contribution in [0.4, 0.5) is 11.4 Å². The van der Waals surface area contributed by atoms with Crippen molar-refractivity contribution < 1.29 is 33.5 Å². The zero-order chi connectivity index (χ0) is 21.6. The van der Waals surface area contributed by atoms with Crippen LogP contribution in [0.3, 0.4) is 0 Å². The van der Waals surface area contributed by atoms with Crippen LogP contribution in [0.5, 0.6) is 5.75 Å². The van der Waals surface area contributed by atoms with E-state index in [0.717, 1.165) is 25.3 Å². The zero-order valence-corrected chi connectivity index (χ0v) is 15.8. The van der Waals surface area contributed by atoms with Gasteiger partial charge < -0.3 is 19.5 Å². The molecule has 0 aromatic heterocycles. The maximum absolute atomic E-state index is 12.4. The predicted molar refractivity (Wildman–Crippen MR) is 101 cm³/mol. The Labute approximate surface area is 165 Å². The molecular formula is C19H18N2O8. The number of anilines is 1. The molecule has 0 radical (unpaired) electrons. The summed E-state index contributed by atoms with van der Waals surface area (Å²) in [7, 11) is 2.58. The van der Waals surface area contributed by atoms with Crippen LogP contribution in [0, 0.1) is 10.1 Å². The fourth-order valence-corrected chi connectivity index (χ4v) is 2.30. The number of rotatable bonds is 7. The topological polar surface area (TPSA) is 134 Å². The smallest absolute Gasteiger partial charge is 0.339 e. The van der Waals surface area contributed by atoms with Crippen LogP contribution in [0.15, 0.2) is 42.5 Å². The maximum Gasteiger partial charge on any atom is 0.339 e. The molecule has 1 amide bonds. The van der Waals surface area contributed by atoms with Crippen LogP contribution >= 0.6 is 0 Å². The van der Waals surface area contributed by atoms with Gasteiger partial charge in [-0.2, -0.15) is 0 Å². The molecule has 0 spiro atoms. The summed E-state index contributed by atoms with van der Waals surface area (Å²) in [5, 5.41) is 13.6. The summed E-state index contributed by atoms with van der Waals surface area (Å²) >= 11 is 0. The van der Waals surface area contributed by atoms with E-state index in [4.69, 9.17) is 9.47 Å². The number of methoxy groups -OCH3 is 2. The Morgan fingerprint density at radius 1 is 1.03 bits per heavy atom. The average Bonchev–Trinajstić information content (AvgIpc) is 2.72. The summed E-state index contributed by atoms with van der Waals surface area (Å²) < 4.78 is 14.7. The molecule has 1 N–H and O–H groups in total. The molecule has 0 aliphatic rings. The molecule has 2 rings (SSSR count). The zero-order valence-electron chi connectivity index (χ0n) is 15.8. The molecule has 0 aliphatic carbocycles. The maximum atomic E-state index is 12.4. The number of non-ortho nitro benzene ring substituents is 1. The lowest BCUT2D eigenvalue weighted by Crippen LogP contribution is -2.30. The lowest BCUT2D eigenvalue weighted by Gasteiger charge is -2.14. The van der Waals surface area contributed by atoms with Crippen molar-refractivity contribution in [1.29, 1.82) is 0 Å². The van der Waals surface area contributed by atoms with E-state index in [9.17, 15) is 24.5 Å². The Hall–Kier alpha value is -3.95. The van der Waals surface area contributed by atoms with E-state index in [-0.39, 0.29) is 11.1 Å². The van der Waals surface area contributed by atoms with Gasteiger partial charge in [-0.15, -0.1) is 0 Å². The number of nitrogens with one attached hydrogen (secondary N) is 1. The van der Waals surface area contributed by atoms with Crippen molar-refractivity contribution in [2.24, 2.45) is 0 Å². The Balaban J connectivity index is 2.15. The molecule has 0 bridgehead atoms.